The average molecular weight is 359 g/mol. The standard InChI is InChI=1S/C16H23F2N3O4/c1-3-19-15(23)9(2)20-8-14(22)13(21-16(24)25)6-10-4-11(17)7-12(18)5-10/h4-5,7,9,13-14,20-22H,3,6,8H2,1-2H3,(H,19,23)(H,24,25)/t9-,13-,14-/m0/s1. The van der Waals surface area contributed by atoms with E-state index in [9.17, 15) is 23.5 Å². The van der Waals surface area contributed by atoms with Crippen molar-refractivity contribution in [1.29, 1.82) is 0 Å². The number of halogens is 2. The van der Waals surface area contributed by atoms with Crippen LogP contribution in [0, 0.1) is 11.6 Å². The summed E-state index contributed by atoms with van der Waals surface area (Å²) in [6, 6.07) is 1.24. The predicted octanol–water partition coefficient (Wildman–Crippen LogP) is 0.619. The van der Waals surface area contributed by atoms with Crippen LogP contribution in [0.1, 0.15) is 19.4 Å². The van der Waals surface area contributed by atoms with Crippen LogP contribution in [-0.4, -0.2) is 53.5 Å². The molecule has 1 aromatic carbocycles. The van der Waals surface area contributed by atoms with Gasteiger partial charge >= 0.3 is 6.09 Å². The van der Waals surface area contributed by atoms with Crippen molar-refractivity contribution in [2.75, 3.05) is 13.1 Å². The van der Waals surface area contributed by atoms with E-state index >= 15 is 0 Å². The lowest BCUT2D eigenvalue weighted by molar-refractivity contribution is -0.122. The minimum absolute atomic E-state index is 0.0823. The molecule has 2 amide bonds. The van der Waals surface area contributed by atoms with E-state index in [-0.39, 0.29) is 24.4 Å². The van der Waals surface area contributed by atoms with Gasteiger partial charge in [0.05, 0.1) is 18.2 Å². The Morgan fingerprint density at radius 3 is 2.32 bits per heavy atom. The number of carbonyl (C=O) groups is 2. The largest absolute Gasteiger partial charge is 0.465 e. The topological polar surface area (TPSA) is 111 Å². The molecular weight excluding hydrogens is 336 g/mol. The highest BCUT2D eigenvalue weighted by Crippen LogP contribution is 2.12. The van der Waals surface area contributed by atoms with Crippen LogP contribution in [0.3, 0.4) is 0 Å². The van der Waals surface area contributed by atoms with E-state index in [1.807, 2.05) is 0 Å². The minimum atomic E-state index is -1.38. The van der Waals surface area contributed by atoms with Gasteiger partial charge in [0, 0.05) is 19.2 Å². The van der Waals surface area contributed by atoms with Crippen molar-refractivity contribution in [2.24, 2.45) is 0 Å². The molecule has 0 unspecified atom stereocenters. The van der Waals surface area contributed by atoms with Gasteiger partial charge in [0.15, 0.2) is 0 Å². The monoisotopic (exact) mass is 359 g/mol. The second-order valence-electron chi connectivity index (χ2n) is 5.63. The van der Waals surface area contributed by atoms with Crippen LogP contribution in [0.15, 0.2) is 18.2 Å². The van der Waals surface area contributed by atoms with E-state index in [1.165, 1.54) is 0 Å². The Hall–Kier alpha value is -2.26. The number of benzene rings is 1. The van der Waals surface area contributed by atoms with Crippen molar-refractivity contribution in [3.05, 3.63) is 35.4 Å². The second kappa shape index (κ2) is 9.90. The highest BCUT2D eigenvalue weighted by atomic mass is 19.1. The highest BCUT2D eigenvalue weighted by molar-refractivity contribution is 5.81. The highest BCUT2D eigenvalue weighted by Gasteiger charge is 2.23. The zero-order valence-electron chi connectivity index (χ0n) is 14.1. The van der Waals surface area contributed by atoms with Crippen molar-refractivity contribution in [1.82, 2.24) is 16.0 Å². The molecule has 0 spiro atoms. The Bertz CT molecular complexity index is 580. The van der Waals surface area contributed by atoms with Gasteiger partial charge in [-0.15, -0.1) is 0 Å². The quantitative estimate of drug-likeness (QED) is 0.444. The molecule has 1 rings (SSSR count). The molecule has 7 nitrogen and oxygen atoms in total. The van der Waals surface area contributed by atoms with Gasteiger partial charge in [0.1, 0.15) is 11.6 Å². The first-order valence-corrected chi connectivity index (χ1v) is 7.86. The molecule has 0 aromatic heterocycles. The number of carbonyl (C=O) groups excluding carboxylic acids is 1. The number of likely N-dealkylation sites (N-methyl/N-ethyl adjacent to an activating group) is 1. The first-order valence-electron chi connectivity index (χ1n) is 7.86. The summed E-state index contributed by atoms with van der Waals surface area (Å²) in [5, 5.41) is 26.6. The van der Waals surface area contributed by atoms with Crippen LogP contribution in [0.25, 0.3) is 0 Å². The molecule has 5 N–H and O–H groups in total. The van der Waals surface area contributed by atoms with Gasteiger partial charge < -0.3 is 26.2 Å². The molecule has 0 fully saturated rings. The minimum Gasteiger partial charge on any atom is -0.465 e. The average Bonchev–Trinajstić information content (AvgIpc) is 2.50. The summed E-state index contributed by atoms with van der Waals surface area (Å²) < 4.78 is 26.5. The molecule has 9 heteroatoms. The van der Waals surface area contributed by atoms with Crippen LogP contribution in [0.2, 0.25) is 0 Å². The zero-order chi connectivity index (χ0) is 19.0. The first-order chi connectivity index (χ1) is 11.7. The van der Waals surface area contributed by atoms with Crippen LogP contribution in [0.5, 0.6) is 0 Å². The zero-order valence-corrected chi connectivity index (χ0v) is 14.1. The fourth-order valence-corrected chi connectivity index (χ4v) is 2.28. The predicted molar refractivity (Wildman–Crippen MR) is 87.2 cm³/mol. The molecule has 0 heterocycles. The number of hydrogen-bond acceptors (Lipinski definition) is 4. The molecule has 0 bridgehead atoms. The Kier molecular flexibility index (Phi) is 8.23. The fraction of sp³-hybridized carbons (Fsp3) is 0.500. The number of hydrogen-bond donors (Lipinski definition) is 5. The van der Waals surface area contributed by atoms with Crippen molar-refractivity contribution in [3.63, 3.8) is 0 Å². The normalized spacial score (nSPS) is 14.4. The van der Waals surface area contributed by atoms with Crippen molar-refractivity contribution in [3.8, 4) is 0 Å². The van der Waals surface area contributed by atoms with Gasteiger partial charge in [0.25, 0.3) is 0 Å². The maximum atomic E-state index is 13.3. The summed E-state index contributed by atoms with van der Waals surface area (Å²) in [7, 11) is 0. The van der Waals surface area contributed by atoms with Crippen LogP contribution >= 0.6 is 0 Å². The maximum Gasteiger partial charge on any atom is 0.404 e. The lowest BCUT2D eigenvalue weighted by Gasteiger charge is -2.24. The Morgan fingerprint density at radius 1 is 1.20 bits per heavy atom. The SMILES string of the molecule is CCNC(=O)[C@H](C)NC[C@H](O)[C@H](Cc1cc(F)cc(F)c1)NC(=O)O. The third kappa shape index (κ3) is 7.44. The van der Waals surface area contributed by atoms with Crippen LogP contribution < -0.4 is 16.0 Å². The summed E-state index contributed by atoms with van der Waals surface area (Å²) in [6.07, 6.45) is -2.70. The molecule has 140 valence electrons. The number of carboxylic acid groups (broad SMARTS) is 1. The van der Waals surface area contributed by atoms with Crippen LogP contribution in [0.4, 0.5) is 13.6 Å². The number of aliphatic hydroxyl groups is 1. The van der Waals surface area contributed by atoms with E-state index in [4.69, 9.17) is 5.11 Å². The van der Waals surface area contributed by atoms with Gasteiger partial charge in [-0.25, -0.2) is 13.6 Å². The van der Waals surface area contributed by atoms with E-state index < -0.39 is 35.9 Å². The Balaban J connectivity index is 2.73. The molecular formula is C16H23F2N3O4. The van der Waals surface area contributed by atoms with Gasteiger partial charge in [-0.05, 0) is 38.0 Å². The Morgan fingerprint density at radius 2 is 1.80 bits per heavy atom. The number of nitrogens with one attached hydrogen (secondary N) is 3. The fourth-order valence-electron chi connectivity index (χ4n) is 2.28. The number of aliphatic hydroxyl groups excluding tert-OH is 1. The third-order valence-corrected chi connectivity index (χ3v) is 3.53. The molecule has 0 saturated heterocycles. The lowest BCUT2D eigenvalue weighted by Crippen LogP contribution is -2.51. The maximum absolute atomic E-state index is 13.3. The molecule has 0 radical (unpaired) electrons. The van der Waals surface area contributed by atoms with Gasteiger partial charge in [-0.2, -0.15) is 0 Å². The third-order valence-electron chi connectivity index (χ3n) is 3.53. The second-order valence-corrected chi connectivity index (χ2v) is 5.63. The molecule has 3 atom stereocenters. The Labute approximate surface area is 144 Å². The molecule has 0 aliphatic rings. The summed E-state index contributed by atoms with van der Waals surface area (Å²) in [6.45, 7) is 3.74. The van der Waals surface area contributed by atoms with Crippen molar-refractivity contribution in [2.45, 2.75) is 38.5 Å². The lowest BCUT2D eigenvalue weighted by atomic mass is 10.0. The molecule has 0 aliphatic carbocycles. The summed E-state index contributed by atoms with van der Waals surface area (Å²) in [4.78, 5) is 22.5. The van der Waals surface area contributed by atoms with E-state index in [0.29, 0.717) is 12.6 Å². The van der Waals surface area contributed by atoms with Crippen LogP contribution in [-0.2, 0) is 11.2 Å². The molecule has 0 aliphatic heterocycles. The smallest absolute Gasteiger partial charge is 0.404 e. The van der Waals surface area contributed by atoms with Crippen molar-refractivity contribution < 1.29 is 28.6 Å². The van der Waals surface area contributed by atoms with E-state index in [2.05, 4.69) is 16.0 Å². The van der Waals surface area contributed by atoms with Gasteiger partial charge in [-0.3, -0.25) is 4.79 Å². The van der Waals surface area contributed by atoms with Crippen molar-refractivity contribution >= 4 is 12.0 Å². The molecule has 25 heavy (non-hydrogen) atoms. The molecule has 1 aromatic rings. The van der Waals surface area contributed by atoms with E-state index in [0.717, 1.165) is 12.1 Å². The van der Waals surface area contributed by atoms with Gasteiger partial charge in [0.2, 0.25) is 5.91 Å². The first kappa shape index (κ1) is 20.8. The number of amides is 2. The summed E-state index contributed by atoms with van der Waals surface area (Å²) in [5.41, 5.74) is 0.201. The summed E-state index contributed by atoms with van der Waals surface area (Å²) >= 11 is 0. The van der Waals surface area contributed by atoms with E-state index in [1.54, 1.807) is 13.8 Å². The van der Waals surface area contributed by atoms with Gasteiger partial charge in [-0.1, -0.05) is 0 Å². The molecule has 0 saturated carbocycles. The number of rotatable bonds is 9. The summed E-state index contributed by atoms with van der Waals surface area (Å²) in [5.74, 6) is -1.84.